The normalized spacial score (nSPS) is 45.6. The topological polar surface area (TPSA) is 46.2 Å². The van der Waals surface area contributed by atoms with Gasteiger partial charge in [0.25, 0.3) is 0 Å². The highest BCUT2D eigenvalue weighted by Gasteiger charge is 2.47. The van der Waals surface area contributed by atoms with Crippen LogP contribution in [0.4, 0.5) is 4.39 Å². The molecule has 0 aromatic heterocycles. The van der Waals surface area contributed by atoms with E-state index in [9.17, 15) is 12.8 Å². The molecule has 2 heterocycles. The second-order valence-electron chi connectivity index (χ2n) is 3.80. The number of rotatable bonds is 0. The minimum absolute atomic E-state index is 0.125. The van der Waals surface area contributed by atoms with Gasteiger partial charge in [-0.05, 0) is 12.8 Å². The molecule has 2 saturated heterocycles. The van der Waals surface area contributed by atoms with Crippen LogP contribution in [0.15, 0.2) is 0 Å². The fourth-order valence-corrected chi connectivity index (χ4v) is 4.16. The summed E-state index contributed by atoms with van der Waals surface area (Å²) in [5.41, 5.74) is -0.418. The van der Waals surface area contributed by atoms with Gasteiger partial charge < -0.3 is 5.32 Å². The standard InChI is InChI=1S/C7H12FNO2S/c8-6-3-7(9-4-6)1-2-12(10,11)5-7/h6,9H,1-5H2. The SMILES string of the molecule is O=S1(=O)CCC2(CC(F)CN2)C1. The minimum atomic E-state index is -2.89. The highest BCUT2D eigenvalue weighted by Crippen LogP contribution is 2.32. The van der Waals surface area contributed by atoms with E-state index < -0.39 is 21.5 Å². The molecule has 2 fully saturated rings. The van der Waals surface area contributed by atoms with Crippen LogP contribution in [0.5, 0.6) is 0 Å². The molecule has 2 aliphatic heterocycles. The van der Waals surface area contributed by atoms with Gasteiger partial charge in [0.2, 0.25) is 0 Å². The number of nitrogens with one attached hydrogen (secondary N) is 1. The molecule has 1 N–H and O–H groups in total. The van der Waals surface area contributed by atoms with Crippen molar-refractivity contribution in [2.75, 3.05) is 18.1 Å². The average Bonchev–Trinajstić information content (AvgIpc) is 2.41. The van der Waals surface area contributed by atoms with E-state index in [-0.39, 0.29) is 11.5 Å². The molecule has 0 amide bonds. The fourth-order valence-electron chi connectivity index (χ4n) is 2.11. The summed E-state index contributed by atoms with van der Waals surface area (Å²) in [6, 6.07) is 0. The van der Waals surface area contributed by atoms with Gasteiger partial charge in [0.15, 0.2) is 9.84 Å². The number of alkyl halides is 1. The lowest BCUT2D eigenvalue weighted by molar-refractivity contribution is 0.333. The maximum Gasteiger partial charge on any atom is 0.152 e. The van der Waals surface area contributed by atoms with Crippen molar-refractivity contribution >= 4 is 9.84 Å². The Bertz CT molecular complexity index is 290. The van der Waals surface area contributed by atoms with Crippen LogP contribution in [0.1, 0.15) is 12.8 Å². The lowest BCUT2D eigenvalue weighted by atomic mass is 9.97. The molecular weight excluding hydrogens is 181 g/mol. The molecule has 12 heavy (non-hydrogen) atoms. The van der Waals surface area contributed by atoms with E-state index in [1.807, 2.05) is 0 Å². The molecule has 0 aromatic rings. The van der Waals surface area contributed by atoms with Crippen molar-refractivity contribution in [1.29, 1.82) is 0 Å². The predicted octanol–water partition coefficient (Wildman–Crippen LogP) is -0.125. The molecule has 0 radical (unpaired) electrons. The second kappa shape index (κ2) is 2.42. The Kier molecular flexibility index (Phi) is 1.70. The van der Waals surface area contributed by atoms with Gasteiger partial charge in [-0.25, -0.2) is 12.8 Å². The number of sulfone groups is 1. The molecule has 3 nitrogen and oxygen atoms in total. The van der Waals surface area contributed by atoms with Crippen molar-refractivity contribution < 1.29 is 12.8 Å². The minimum Gasteiger partial charge on any atom is -0.307 e. The smallest absolute Gasteiger partial charge is 0.152 e. The van der Waals surface area contributed by atoms with E-state index in [2.05, 4.69) is 5.32 Å². The van der Waals surface area contributed by atoms with Crippen molar-refractivity contribution in [3.63, 3.8) is 0 Å². The first-order chi connectivity index (χ1) is 5.52. The Labute approximate surface area is 71.3 Å². The van der Waals surface area contributed by atoms with Gasteiger partial charge in [-0.15, -0.1) is 0 Å². The molecule has 5 heteroatoms. The van der Waals surface area contributed by atoms with Gasteiger partial charge in [-0.3, -0.25) is 0 Å². The van der Waals surface area contributed by atoms with Crippen LogP contribution in [0.2, 0.25) is 0 Å². The van der Waals surface area contributed by atoms with Crippen molar-refractivity contribution in [3.8, 4) is 0 Å². The zero-order chi connectivity index (χ0) is 8.82. The third-order valence-corrected chi connectivity index (χ3v) is 4.52. The first kappa shape index (κ1) is 8.44. The molecule has 0 saturated carbocycles. The largest absolute Gasteiger partial charge is 0.307 e. The van der Waals surface area contributed by atoms with Crippen LogP contribution in [-0.2, 0) is 9.84 Å². The van der Waals surface area contributed by atoms with Gasteiger partial charge in [-0.2, -0.15) is 0 Å². The maximum atomic E-state index is 12.8. The predicted molar refractivity (Wildman–Crippen MR) is 43.5 cm³/mol. The van der Waals surface area contributed by atoms with Gasteiger partial charge in [-0.1, -0.05) is 0 Å². The second-order valence-corrected chi connectivity index (χ2v) is 5.99. The van der Waals surface area contributed by atoms with E-state index in [0.29, 0.717) is 19.4 Å². The number of hydrogen-bond acceptors (Lipinski definition) is 3. The number of hydrogen-bond donors (Lipinski definition) is 1. The van der Waals surface area contributed by atoms with Crippen molar-refractivity contribution in [2.45, 2.75) is 24.6 Å². The summed E-state index contributed by atoms with van der Waals surface area (Å²) in [5.74, 6) is 0.340. The molecule has 2 atom stereocenters. The maximum absolute atomic E-state index is 12.8. The van der Waals surface area contributed by atoms with Gasteiger partial charge in [0.1, 0.15) is 6.17 Å². The molecule has 1 spiro atoms. The molecule has 2 aliphatic rings. The van der Waals surface area contributed by atoms with E-state index in [0.717, 1.165) is 0 Å². The van der Waals surface area contributed by atoms with Gasteiger partial charge in [0, 0.05) is 12.1 Å². The van der Waals surface area contributed by atoms with Crippen LogP contribution in [0.25, 0.3) is 0 Å². The van der Waals surface area contributed by atoms with Crippen LogP contribution >= 0.6 is 0 Å². The highest BCUT2D eigenvalue weighted by atomic mass is 32.2. The fraction of sp³-hybridized carbons (Fsp3) is 1.00. The summed E-state index contributed by atoms with van der Waals surface area (Å²) in [6.45, 7) is 0.315. The Morgan fingerprint density at radius 2 is 2.25 bits per heavy atom. The van der Waals surface area contributed by atoms with Crippen molar-refractivity contribution in [2.24, 2.45) is 0 Å². The lowest BCUT2D eigenvalue weighted by Gasteiger charge is -2.20. The summed E-state index contributed by atoms with van der Waals surface area (Å²) in [4.78, 5) is 0. The first-order valence-electron chi connectivity index (χ1n) is 4.11. The molecule has 0 aromatic carbocycles. The Balaban J connectivity index is 2.16. The van der Waals surface area contributed by atoms with Crippen LogP contribution in [0.3, 0.4) is 0 Å². The molecule has 2 rings (SSSR count). The summed E-state index contributed by atoms with van der Waals surface area (Å²) in [7, 11) is -2.89. The highest BCUT2D eigenvalue weighted by molar-refractivity contribution is 7.91. The van der Waals surface area contributed by atoms with E-state index in [1.54, 1.807) is 0 Å². The summed E-state index contributed by atoms with van der Waals surface area (Å²) in [6.07, 6.45) is 0.0837. The summed E-state index contributed by atoms with van der Waals surface area (Å²) >= 11 is 0. The first-order valence-corrected chi connectivity index (χ1v) is 5.93. The quantitative estimate of drug-likeness (QED) is 0.583. The third kappa shape index (κ3) is 1.35. The lowest BCUT2D eigenvalue weighted by Crippen LogP contribution is -2.40. The van der Waals surface area contributed by atoms with Crippen LogP contribution in [0, 0.1) is 0 Å². The Hall–Kier alpha value is -0.160. The van der Waals surface area contributed by atoms with Gasteiger partial charge in [0.05, 0.1) is 11.5 Å². The molecule has 2 unspecified atom stereocenters. The van der Waals surface area contributed by atoms with Crippen molar-refractivity contribution in [3.05, 3.63) is 0 Å². The molecular formula is C7H12FNO2S. The summed E-state index contributed by atoms with van der Waals surface area (Å²) in [5, 5.41) is 2.98. The zero-order valence-electron chi connectivity index (χ0n) is 6.72. The van der Waals surface area contributed by atoms with E-state index >= 15 is 0 Å². The third-order valence-electron chi connectivity index (χ3n) is 2.70. The number of halogens is 1. The summed E-state index contributed by atoms with van der Waals surface area (Å²) < 4.78 is 35.1. The van der Waals surface area contributed by atoms with Crippen molar-refractivity contribution in [1.82, 2.24) is 5.32 Å². The monoisotopic (exact) mass is 193 g/mol. The van der Waals surface area contributed by atoms with E-state index in [4.69, 9.17) is 0 Å². The molecule has 0 bridgehead atoms. The zero-order valence-corrected chi connectivity index (χ0v) is 7.53. The van der Waals surface area contributed by atoms with Crippen LogP contribution < -0.4 is 5.32 Å². The Morgan fingerprint density at radius 3 is 2.67 bits per heavy atom. The Morgan fingerprint density at radius 1 is 1.50 bits per heavy atom. The van der Waals surface area contributed by atoms with Gasteiger partial charge >= 0.3 is 0 Å². The molecule has 0 aliphatic carbocycles. The van der Waals surface area contributed by atoms with E-state index in [1.165, 1.54) is 0 Å². The van der Waals surface area contributed by atoms with Crippen LogP contribution in [-0.4, -0.2) is 38.2 Å². The molecule has 70 valence electrons. The average molecular weight is 193 g/mol.